The van der Waals surface area contributed by atoms with Crippen LogP contribution in [0.4, 0.5) is 11.8 Å². The molecule has 0 spiro atoms. The van der Waals surface area contributed by atoms with Crippen LogP contribution in [0.5, 0.6) is 0 Å². The Morgan fingerprint density at radius 1 is 1.19 bits per heavy atom. The van der Waals surface area contributed by atoms with Gasteiger partial charge in [-0.15, -0.1) is 11.3 Å². The summed E-state index contributed by atoms with van der Waals surface area (Å²) in [6, 6.07) is 0. The molecule has 0 bridgehead atoms. The van der Waals surface area contributed by atoms with Crippen molar-refractivity contribution in [2.45, 2.75) is 26.7 Å². The summed E-state index contributed by atoms with van der Waals surface area (Å²) in [5.74, 6) is 1.83. The van der Waals surface area contributed by atoms with E-state index in [1.165, 1.54) is 15.8 Å². The van der Waals surface area contributed by atoms with Gasteiger partial charge in [0.1, 0.15) is 10.6 Å². The van der Waals surface area contributed by atoms with Crippen molar-refractivity contribution in [3.05, 3.63) is 10.4 Å². The number of rotatable bonds is 4. The van der Waals surface area contributed by atoms with Crippen LogP contribution in [0, 0.1) is 0 Å². The van der Waals surface area contributed by atoms with Crippen LogP contribution in [0.2, 0.25) is 0 Å². The van der Waals surface area contributed by atoms with Gasteiger partial charge in [0.15, 0.2) is 0 Å². The Bertz CT molecular complexity index is 631. The second-order valence-electron chi connectivity index (χ2n) is 5.25. The highest BCUT2D eigenvalue weighted by molar-refractivity contribution is 7.19. The molecule has 0 radical (unpaired) electrons. The van der Waals surface area contributed by atoms with E-state index in [0.717, 1.165) is 55.6 Å². The number of aromatic nitrogens is 2. The van der Waals surface area contributed by atoms with E-state index < -0.39 is 0 Å². The van der Waals surface area contributed by atoms with Crippen molar-refractivity contribution in [3.63, 3.8) is 0 Å². The number of nitrogens with zero attached hydrogens (tertiary/aromatic N) is 3. The van der Waals surface area contributed by atoms with E-state index in [9.17, 15) is 0 Å². The normalized spacial score (nSPS) is 15.7. The van der Waals surface area contributed by atoms with Crippen LogP contribution >= 0.6 is 11.3 Å². The minimum Gasteiger partial charge on any atom is -0.372 e. The van der Waals surface area contributed by atoms with E-state index >= 15 is 0 Å². The Balaban J connectivity index is 2.12. The lowest BCUT2D eigenvalue weighted by Crippen LogP contribution is -2.44. The molecule has 3 heterocycles. The molecule has 2 aromatic heterocycles. The molecule has 0 aliphatic carbocycles. The molecule has 0 atom stereocenters. The molecule has 2 aromatic rings. The largest absolute Gasteiger partial charge is 0.372 e. The van der Waals surface area contributed by atoms with E-state index in [2.05, 4.69) is 29.4 Å². The number of nitrogens with one attached hydrogen (secondary N) is 2. The predicted octanol–water partition coefficient (Wildman–Crippen LogP) is 2.27. The van der Waals surface area contributed by atoms with Gasteiger partial charge in [0.25, 0.3) is 0 Å². The summed E-state index contributed by atoms with van der Waals surface area (Å²) in [6.07, 6.45) is 2.10. The Kier molecular flexibility index (Phi) is 4.26. The summed E-state index contributed by atoms with van der Waals surface area (Å²) in [4.78, 5) is 14.5. The molecule has 3 rings (SSSR count). The zero-order chi connectivity index (χ0) is 14.8. The summed E-state index contributed by atoms with van der Waals surface area (Å²) in [5.41, 5.74) is 1.41. The molecule has 21 heavy (non-hydrogen) atoms. The summed E-state index contributed by atoms with van der Waals surface area (Å²) >= 11 is 1.82. The number of anilines is 2. The highest BCUT2D eigenvalue weighted by atomic mass is 32.1. The van der Waals surface area contributed by atoms with Crippen molar-refractivity contribution >= 4 is 33.3 Å². The lowest BCUT2D eigenvalue weighted by Gasteiger charge is -2.27. The van der Waals surface area contributed by atoms with Gasteiger partial charge in [-0.05, 0) is 18.4 Å². The van der Waals surface area contributed by atoms with Crippen molar-refractivity contribution in [1.29, 1.82) is 0 Å². The maximum Gasteiger partial charge on any atom is 0.228 e. The molecule has 0 aromatic carbocycles. The van der Waals surface area contributed by atoms with Crippen molar-refractivity contribution < 1.29 is 0 Å². The maximum atomic E-state index is 4.85. The van der Waals surface area contributed by atoms with Gasteiger partial charge in [-0.1, -0.05) is 13.8 Å². The van der Waals surface area contributed by atoms with Crippen LogP contribution in [0.25, 0.3) is 10.2 Å². The number of hydrogen-bond donors (Lipinski definition) is 2. The molecule has 1 saturated heterocycles. The summed E-state index contributed by atoms with van der Waals surface area (Å²) in [5, 5.41) is 7.87. The molecular formula is C15H23N5S. The first-order valence-electron chi connectivity index (χ1n) is 7.74. The van der Waals surface area contributed by atoms with Crippen LogP contribution < -0.4 is 15.5 Å². The number of hydrogen-bond acceptors (Lipinski definition) is 6. The molecule has 6 heteroatoms. The Labute approximate surface area is 129 Å². The van der Waals surface area contributed by atoms with Crippen molar-refractivity contribution in [3.8, 4) is 0 Å². The van der Waals surface area contributed by atoms with Crippen LogP contribution in [0.15, 0.2) is 0 Å². The van der Waals surface area contributed by atoms with E-state index in [1.54, 1.807) is 0 Å². The lowest BCUT2D eigenvalue weighted by atomic mass is 10.1. The van der Waals surface area contributed by atoms with E-state index in [0.29, 0.717) is 0 Å². The minimum atomic E-state index is 0.861. The topological polar surface area (TPSA) is 53.1 Å². The van der Waals surface area contributed by atoms with Gasteiger partial charge < -0.3 is 15.5 Å². The summed E-state index contributed by atoms with van der Waals surface area (Å²) < 4.78 is 0. The SMILES string of the molecule is CCc1sc2nc(N3CCNCC3)nc(NC)c2c1CC. The number of aryl methyl sites for hydroxylation is 2. The predicted molar refractivity (Wildman–Crippen MR) is 90.8 cm³/mol. The number of fused-ring (bicyclic) bond motifs is 1. The molecule has 1 fully saturated rings. The average molecular weight is 305 g/mol. The summed E-state index contributed by atoms with van der Waals surface area (Å²) in [6.45, 7) is 8.38. The van der Waals surface area contributed by atoms with Gasteiger partial charge in [-0.2, -0.15) is 4.98 Å². The Morgan fingerprint density at radius 2 is 1.95 bits per heavy atom. The van der Waals surface area contributed by atoms with Crippen LogP contribution in [-0.2, 0) is 12.8 Å². The zero-order valence-corrected chi connectivity index (χ0v) is 13.8. The number of piperazine rings is 1. The quantitative estimate of drug-likeness (QED) is 0.907. The van der Waals surface area contributed by atoms with Crippen molar-refractivity contribution in [2.75, 3.05) is 43.4 Å². The molecule has 0 amide bonds. The van der Waals surface area contributed by atoms with E-state index in [4.69, 9.17) is 9.97 Å². The highest BCUT2D eigenvalue weighted by Crippen LogP contribution is 2.36. The fourth-order valence-corrected chi connectivity index (χ4v) is 4.14. The average Bonchev–Trinajstić information content (AvgIpc) is 2.92. The van der Waals surface area contributed by atoms with Gasteiger partial charge in [0.05, 0.1) is 5.39 Å². The fourth-order valence-electron chi connectivity index (χ4n) is 2.94. The van der Waals surface area contributed by atoms with Crippen LogP contribution in [0.1, 0.15) is 24.3 Å². The monoisotopic (exact) mass is 305 g/mol. The maximum absolute atomic E-state index is 4.85. The van der Waals surface area contributed by atoms with Crippen molar-refractivity contribution in [1.82, 2.24) is 15.3 Å². The minimum absolute atomic E-state index is 0.861. The molecule has 5 nitrogen and oxygen atoms in total. The third-order valence-electron chi connectivity index (χ3n) is 4.03. The highest BCUT2D eigenvalue weighted by Gasteiger charge is 2.20. The third kappa shape index (κ3) is 2.58. The molecule has 0 unspecified atom stereocenters. The second kappa shape index (κ2) is 6.15. The third-order valence-corrected chi connectivity index (χ3v) is 5.30. The van der Waals surface area contributed by atoms with Gasteiger partial charge in [-0.25, -0.2) is 4.98 Å². The zero-order valence-electron chi connectivity index (χ0n) is 13.0. The molecule has 1 aliphatic rings. The van der Waals surface area contributed by atoms with Crippen molar-refractivity contribution in [2.24, 2.45) is 0 Å². The molecule has 114 valence electrons. The molecule has 2 N–H and O–H groups in total. The van der Waals surface area contributed by atoms with E-state index in [-0.39, 0.29) is 0 Å². The Morgan fingerprint density at radius 3 is 2.57 bits per heavy atom. The van der Waals surface area contributed by atoms with Crippen LogP contribution in [-0.4, -0.2) is 43.2 Å². The fraction of sp³-hybridized carbons (Fsp3) is 0.600. The molecule has 0 saturated carbocycles. The molecular weight excluding hydrogens is 282 g/mol. The lowest BCUT2D eigenvalue weighted by molar-refractivity contribution is 0.581. The Hall–Kier alpha value is -1.40. The first kappa shape index (κ1) is 14.5. The van der Waals surface area contributed by atoms with Gasteiger partial charge >= 0.3 is 0 Å². The molecule has 1 aliphatic heterocycles. The van der Waals surface area contributed by atoms with E-state index in [1.807, 2.05) is 18.4 Å². The standard InChI is InChI=1S/C15H23N5S/c1-4-10-11(5-2)21-14-12(10)13(16-3)18-15(19-14)20-8-6-17-7-9-20/h17H,4-9H2,1-3H3,(H,16,18,19). The smallest absolute Gasteiger partial charge is 0.228 e. The summed E-state index contributed by atoms with van der Waals surface area (Å²) in [7, 11) is 1.95. The number of thiophene rings is 1. The van der Waals surface area contributed by atoms with Gasteiger partial charge in [-0.3, -0.25) is 0 Å². The van der Waals surface area contributed by atoms with Gasteiger partial charge in [0, 0.05) is 38.1 Å². The first-order valence-corrected chi connectivity index (χ1v) is 8.55. The first-order chi connectivity index (χ1) is 10.3. The van der Waals surface area contributed by atoms with Gasteiger partial charge in [0.2, 0.25) is 5.95 Å². The second-order valence-corrected chi connectivity index (χ2v) is 6.33. The van der Waals surface area contributed by atoms with Crippen LogP contribution in [0.3, 0.4) is 0 Å².